The summed E-state index contributed by atoms with van der Waals surface area (Å²) >= 11 is 0. The second kappa shape index (κ2) is 8.06. The average molecular weight is 252 g/mol. The highest BCUT2D eigenvalue weighted by atomic mass is 16.5. The molecule has 0 unspecified atom stereocenters. The van der Waals surface area contributed by atoms with Crippen LogP contribution in [0, 0.1) is 12.8 Å². The van der Waals surface area contributed by atoms with Gasteiger partial charge in [0.1, 0.15) is 5.75 Å². The molecule has 0 radical (unpaired) electrons. The molecule has 0 aliphatic heterocycles. The van der Waals surface area contributed by atoms with Gasteiger partial charge >= 0.3 is 0 Å². The summed E-state index contributed by atoms with van der Waals surface area (Å²) in [6.07, 6.45) is 0. The molecule has 0 spiro atoms. The van der Waals surface area contributed by atoms with Crippen molar-refractivity contribution >= 4 is 0 Å². The summed E-state index contributed by atoms with van der Waals surface area (Å²) in [6.45, 7) is 9.21. The normalized spacial score (nSPS) is 10.9. The molecule has 1 heterocycles. The smallest absolute Gasteiger partial charge is 0.142 e. The van der Waals surface area contributed by atoms with E-state index in [9.17, 15) is 0 Å². The molecule has 0 saturated heterocycles. The first-order chi connectivity index (χ1) is 8.63. The molecule has 102 valence electrons. The number of aryl methyl sites for hydroxylation is 1. The molecule has 0 amide bonds. The topological polar surface area (TPSA) is 43.4 Å². The van der Waals surface area contributed by atoms with Crippen molar-refractivity contribution < 1.29 is 9.47 Å². The second-order valence-corrected chi connectivity index (χ2v) is 4.77. The van der Waals surface area contributed by atoms with Gasteiger partial charge in [0.05, 0.1) is 18.9 Å². The zero-order valence-corrected chi connectivity index (χ0v) is 11.8. The largest absolute Gasteiger partial charge is 0.491 e. The van der Waals surface area contributed by atoms with Crippen LogP contribution >= 0.6 is 0 Å². The van der Waals surface area contributed by atoms with Crippen LogP contribution in [0.3, 0.4) is 0 Å². The van der Waals surface area contributed by atoms with Crippen LogP contribution in [0.2, 0.25) is 0 Å². The van der Waals surface area contributed by atoms with E-state index in [-0.39, 0.29) is 0 Å². The van der Waals surface area contributed by atoms with Crippen molar-refractivity contribution in [3.63, 3.8) is 0 Å². The Morgan fingerprint density at radius 3 is 2.78 bits per heavy atom. The predicted octanol–water partition coefficient (Wildman–Crippen LogP) is 2.16. The van der Waals surface area contributed by atoms with Gasteiger partial charge in [-0.15, -0.1) is 0 Å². The van der Waals surface area contributed by atoms with Crippen LogP contribution < -0.4 is 10.1 Å². The number of nitrogens with one attached hydrogen (secondary N) is 1. The van der Waals surface area contributed by atoms with E-state index >= 15 is 0 Å². The minimum Gasteiger partial charge on any atom is -0.491 e. The first-order valence-electron chi connectivity index (χ1n) is 6.42. The lowest BCUT2D eigenvalue weighted by molar-refractivity contribution is 0.198. The summed E-state index contributed by atoms with van der Waals surface area (Å²) in [4.78, 5) is 4.52. The van der Waals surface area contributed by atoms with Crippen LogP contribution in [0.1, 0.15) is 25.2 Å². The first-order valence-corrected chi connectivity index (χ1v) is 6.42. The Hall–Kier alpha value is -1.13. The maximum Gasteiger partial charge on any atom is 0.142 e. The van der Waals surface area contributed by atoms with Crippen LogP contribution in [-0.2, 0) is 11.3 Å². The van der Waals surface area contributed by atoms with Gasteiger partial charge in [-0.05, 0) is 25.0 Å². The van der Waals surface area contributed by atoms with E-state index < -0.39 is 0 Å². The van der Waals surface area contributed by atoms with Crippen molar-refractivity contribution in [2.75, 3.05) is 26.9 Å². The molecule has 4 nitrogen and oxygen atoms in total. The zero-order chi connectivity index (χ0) is 13.4. The highest BCUT2D eigenvalue weighted by Crippen LogP contribution is 2.17. The number of hydrogen-bond donors (Lipinski definition) is 1. The minimum atomic E-state index is 0.514. The van der Waals surface area contributed by atoms with Crippen molar-refractivity contribution in [2.45, 2.75) is 27.3 Å². The van der Waals surface area contributed by atoms with Gasteiger partial charge in [0, 0.05) is 25.9 Å². The van der Waals surface area contributed by atoms with Gasteiger partial charge < -0.3 is 14.8 Å². The fourth-order valence-electron chi connectivity index (χ4n) is 1.49. The lowest BCUT2D eigenvalue weighted by atomic mass is 10.2. The summed E-state index contributed by atoms with van der Waals surface area (Å²) in [6, 6.07) is 3.98. The molecular weight excluding hydrogens is 228 g/mol. The highest BCUT2D eigenvalue weighted by Gasteiger charge is 2.06. The lowest BCUT2D eigenvalue weighted by Crippen LogP contribution is -2.20. The van der Waals surface area contributed by atoms with Crippen molar-refractivity contribution in [1.29, 1.82) is 0 Å². The summed E-state index contributed by atoms with van der Waals surface area (Å²) in [5.74, 6) is 1.39. The monoisotopic (exact) mass is 252 g/mol. The third-order valence-corrected chi connectivity index (χ3v) is 2.42. The Morgan fingerprint density at radius 2 is 2.11 bits per heavy atom. The molecule has 0 fully saturated rings. The zero-order valence-electron chi connectivity index (χ0n) is 11.8. The summed E-state index contributed by atoms with van der Waals surface area (Å²) in [5, 5.41) is 3.29. The first kappa shape index (κ1) is 14.9. The number of rotatable bonds is 8. The quantitative estimate of drug-likeness (QED) is 0.720. The van der Waals surface area contributed by atoms with Gasteiger partial charge in [-0.2, -0.15) is 0 Å². The number of pyridine rings is 1. The molecule has 18 heavy (non-hydrogen) atoms. The van der Waals surface area contributed by atoms with Crippen molar-refractivity contribution in [3.8, 4) is 5.75 Å². The molecule has 4 heteroatoms. The third-order valence-electron chi connectivity index (χ3n) is 2.42. The van der Waals surface area contributed by atoms with E-state index in [4.69, 9.17) is 9.47 Å². The maximum atomic E-state index is 5.78. The molecule has 0 bridgehead atoms. The molecule has 1 N–H and O–H groups in total. The van der Waals surface area contributed by atoms with Gasteiger partial charge in [0.25, 0.3) is 0 Å². The summed E-state index contributed by atoms with van der Waals surface area (Å²) < 4.78 is 10.8. The fraction of sp³-hybridized carbons (Fsp3) is 0.643. The third kappa shape index (κ3) is 5.47. The lowest BCUT2D eigenvalue weighted by Gasteiger charge is -2.13. The fourth-order valence-corrected chi connectivity index (χ4v) is 1.49. The van der Waals surface area contributed by atoms with E-state index in [1.807, 2.05) is 19.1 Å². The second-order valence-electron chi connectivity index (χ2n) is 4.77. The number of ether oxygens (including phenoxy) is 2. The minimum absolute atomic E-state index is 0.514. The van der Waals surface area contributed by atoms with Crippen molar-refractivity contribution in [1.82, 2.24) is 10.3 Å². The summed E-state index contributed by atoms with van der Waals surface area (Å²) in [7, 11) is 1.70. The Labute approximate surface area is 110 Å². The number of aromatic nitrogens is 1. The van der Waals surface area contributed by atoms with Gasteiger partial charge in [0.15, 0.2) is 0 Å². The maximum absolute atomic E-state index is 5.78. The molecule has 0 atom stereocenters. The van der Waals surface area contributed by atoms with Gasteiger partial charge in [-0.25, -0.2) is 0 Å². The molecule has 0 saturated carbocycles. The molecule has 0 aliphatic carbocycles. The van der Waals surface area contributed by atoms with Crippen LogP contribution in [0.25, 0.3) is 0 Å². The van der Waals surface area contributed by atoms with Crippen molar-refractivity contribution in [2.24, 2.45) is 5.92 Å². The van der Waals surface area contributed by atoms with E-state index in [1.165, 1.54) is 0 Å². The predicted molar refractivity (Wildman–Crippen MR) is 72.9 cm³/mol. The number of hydrogen-bond acceptors (Lipinski definition) is 4. The Bertz CT molecular complexity index is 354. The van der Waals surface area contributed by atoms with Crippen LogP contribution in [0.15, 0.2) is 12.1 Å². The van der Waals surface area contributed by atoms with E-state index in [0.29, 0.717) is 19.1 Å². The SMILES string of the molecule is COCCNCc1nc(C)ccc1OCC(C)C. The highest BCUT2D eigenvalue weighted by molar-refractivity contribution is 5.29. The van der Waals surface area contributed by atoms with Crippen LogP contribution in [-0.4, -0.2) is 31.9 Å². The van der Waals surface area contributed by atoms with Gasteiger partial charge in [-0.1, -0.05) is 13.8 Å². The molecule has 0 aromatic carbocycles. The van der Waals surface area contributed by atoms with E-state index in [0.717, 1.165) is 30.3 Å². The van der Waals surface area contributed by atoms with Gasteiger partial charge in [-0.3, -0.25) is 4.98 Å². The van der Waals surface area contributed by atoms with Crippen LogP contribution in [0.5, 0.6) is 5.75 Å². The molecular formula is C14H24N2O2. The summed E-state index contributed by atoms with van der Waals surface area (Å²) in [5.41, 5.74) is 1.97. The molecule has 1 aromatic heterocycles. The average Bonchev–Trinajstić information content (AvgIpc) is 2.33. The number of nitrogens with zero attached hydrogens (tertiary/aromatic N) is 1. The number of methoxy groups -OCH3 is 1. The molecule has 1 rings (SSSR count). The van der Waals surface area contributed by atoms with Gasteiger partial charge in [0.2, 0.25) is 0 Å². The Morgan fingerprint density at radius 1 is 1.33 bits per heavy atom. The molecule has 1 aromatic rings. The van der Waals surface area contributed by atoms with E-state index in [1.54, 1.807) is 7.11 Å². The van der Waals surface area contributed by atoms with Crippen molar-refractivity contribution in [3.05, 3.63) is 23.5 Å². The van der Waals surface area contributed by atoms with E-state index in [2.05, 4.69) is 24.1 Å². The molecule has 0 aliphatic rings. The Kier molecular flexibility index (Phi) is 6.68. The standard InChI is InChI=1S/C14H24N2O2/c1-11(2)10-18-14-6-5-12(3)16-13(14)9-15-7-8-17-4/h5-6,11,15H,7-10H2,1-4H3. The van der Waals surface area contributed by atoms with Crippen LogP contribution in [0.4, 0.5) is 0 Å². The Balaban J connectivity index is 2.58.